The van der Waals surface area contributed by atoms with Gasteiger partial charge in [0.15, 0.2) is 0 Å². The minimum atomic E-state index is 0.125. The average Bonchev–Trinajstić information content (AvgIpc) is 2.58. The first-order valence-electron chi connectivity index (χ1n) is 8.03. The second-order valence-electron chi connectivity index (χ2n) is 6.16. The normalized spacial score (nSPS) is 15.5. The highest BCUT2D eigenvalue weighted by Gasteiger charge is 2.20. The molecule has 0 aliphatic carbocycles. The molecule has 3 rings (SSSR count). The maximum Gasteiger partial charge on any atom is 0.253 e. The van der Waals surface area contributed by atoms with Gasteiger partial charge in [-0.3, -0.25) is 4.79 Å². The van der Waals surface area contributed by atoms with Crippen molar-refractivity contribution in [2.45, 2.75) is 6.92 Å². The number of benzene rings is 2. The number of hydrogen-bond acceptors (Lipinski definition) is 3. The van der Waals surface area contributed by atoms with Gasteiger partial charge in [0.2, 0.25) is 0 Å². The molecule has 0 spiro atoms. The van der Waals surface area contributed by atoms with Gasteiger partial charge in [-0.25, -0.2) is 0 Å². The van der Waals surface area contributed by atoms with Crippen LogP contribution in [0.15, 0.2) is 48.5 Å². The van der Waals surface area contributed by atoms with Gasteiger partial charge in [0, 0.05) is 43.1 Å². The van der Waals surface area contributed by atoms with Crippen LogP contribution in [0, 0.1) is 6.92 Å². The zero-order chi connectivity index (χ0) is 16.2. The Morgan fingerprint density at radius 2 is 1.39 bits per heavy atom. The third kappa shape index (κ3) is 3.90. The van der Waals surface area contributed by atoms with Crippen molar-refractivity contribution in [2.24, 2.45) is 0 Å². The first kappa shape index (κ1) is 15.6. The maximum atomic E-state index is 12.5. The SMILES string of the molecule is Cc1ccc(Nc2ccc(C(=O)N3CCN(C)CC3)cc2)cc1. The van der Waals surface area contributed by atoms with E-state index in [0.717, 1.165) is 43.1 Å². The van der Waals surface area contributed by atoms with E-state index in [2.05, 4.69) is 48.5 Å². The highest BCUT2D eigenvalue weighted by Crippen LogP contribution is 2.18. The van der Waals surface area contributed by atoms with Gasteiger partial charge in [0.1, 0.15) is 0 Å². The molecule has 0 atom stereocenters. The summed E-state index contributed by atoms with van der Waals surface area (Å²) in [6.07, 6.45) is 0. The Hall–Kier alpha value is -2.33. The summed E-state index contributed by atoms with van der Waals surface area (Å²) >= 11 is 0. The van der Waals surface area contributed by atoms with Gasteiger partial charge in [0.25, 0.3) is 5.91 Å². The third-order valence-corrected chi connectivity index (χ3v) is 4.26. The van der Waals surface area contributed by atoms with Crippen LogP contribution in [-0.4, -0.2) is 48.9 Å². The number of rotatable bonds is 3. The molecule has 4 nitrogen and oxygen atoms in total. The first-order chi connectivity index (χ1) is 11.1. The summed E-state index contributed by atoms with van der Waals surface area (Å²) in [4.78, 5) is 16.7. The highest BCUT2D eigenvalue weighted by molar-refractivity contribution is 5.94. The number of piperazine rings is 1. The van der Waals surface area contributed by atoms with E-state index in [1.807, 2.05) is 29.2 Å². The Labute approximate surface area is 137 Å². The molecular weight excluding hydrogens is 286 g/mol. The zero-order valence-electron chi connectivity index (χ0n) is 13.7. The quantitative estimate of drug-likeness (QED) is 0.946. The van der Waals surface area contributed by atoms with Crippen LogP contribution in [0.4, 0.5) is 11.4 Å². The number of carbonyl (C=O) groups is 1. The molecule has 0 saturated carbocycles. The standard InChI is InChI=1S/C19H23N3O/c1-15-3-7-17(8-4-15)20-18-9-5-16(6-10-18)19(23)22-13-11-21(2)12-14-22/h3-10,20H,11-14H2,1-2H3. The van der Waals surface area contributed by atoms with E-state index >= 15 is 0 Å². The number of amides is 1. The molecule has 1 heterocycles. The van der Waals surface area contributed by atoms with Crippen LogP contribution in [0.5, 0.6) is 0 Å². The summed E-state index contributed by atoms with van der Waals surface area (Å²) in [6, 6.07) is 16.0. The second kappa shape index (κ2) is 6.84. The molecule has 0 aromatic heterocycles. The summed E-state index contributed by atoms with van der Waals surface area (Å²) in [5.74, 6) is 0.125. The monoisotopic (exact) mass is 309 g/mol. The molecular formula is C19H23N3O. The van der Waals surface area contributed by atoms with Crippen molar-refractivity contribution < 1.29 is 4.79 Å². The van der Waals surface area contributed by atoms with Gasteiger partial charge in [-0.15, -0.1) is 0 Å². The van der Waals surface area contributed by atoms with Crippen molar-refractivity contribution in [1.29, 1.82) is 0 Å². The number of likely N-dealkylation sites (N-methyl/N-ethyl adjacent to an activating group) is 1. The maximum absolute atomic E-state index is 12.5. The number of nitrogens with one attached hydrogen (secondary N) is 1. The molecule has 0 bridgehead atoms. The van der Waals surface area contributed by atoms with E-state index in [-0.39, 0.29) is 5.91 Å². The molecule has 1 fully saturated rings. The molecule has 120 valence electrons. The van der Waals surface area contributed by atoms with Crippen LogP contribution < -0.4 is 5.32 Å². The largest absolute Gasteiger partial charge is 0.356 e. The summed E-state index contributed by atoms with van der Waals surface area (Å²) in [7, 11) is 2.09. The molecule has 1 aliphatic heterocycles. The molecule has 1 saturated heterocycles. The Balaban J connectivity index is 1.64. The molecule has 4 heteroatoms. The second-order valence-corrected chi connectivity index (χ2v) is 6.16. The predicted octanol–water partition coefficient (Wildman–Crippen LogP) is 3.13. The number of hydrogen-bond donors (Lipinski definition) is 1. The first-order valence-corrected chi connectivity index (χ1v) is 8.03. The molecule has 0 radical (unpaired) electrons. The number of anilines is 2. The fourth-order valence-electron chi connectivity index (χ4n) is 2.69. The lowest BCUT2D eigenvalue weighted by Crippen LogP contribution is -2.47. The third-order valence-electron chi connectivity index (χ3n) is 4.26. The lowest BCUT2D eigenvalue weighted by Gasteiger charge is -2.32. The van der Waals surface area contributed by atoms with Gasteiger partial charge in [-0.1, -0.05) is 17.7 Å². The topological polar surface area (TPSA) is 35.6 Å². The van der Waals surface area contributed by atoms with Crippen molar-refractivity contribution in [2.75, 3.05) is 38.5 Å². The van der Waals surface area contributed by atoms with Gasteiger partial charge < -0.3 is 15.1 Å². The summed E-state index contributed by atoms with van der Waals surface area (Å²) in [5, 5.41) is 3.35. The number of aryl methyl sites for hydroxylation is 1. The Morgan fingerprint density at radius 1 is 0.870 bits per heavy atom. The molecule has 1 N–H and O–H groups in total. The zero-order valence-corrected chi connectivity index (χ0v) is 13.7. The summed E-state index contributed by atoms with van der Waals surface area (Å²) in [6.45, 7) is 5.57. The van der Waals surface area contributed by atoms with Gasteiger partial charge in [-0.05, 0) is 50.4 Å². The Morgan fingerprint density at radius 3 is 1.96 bits per heavy atom. The van der Waals surface area contributed by atoms with Crippen LogP contribution >= 0.6 is 0 Å². The van der Waals surface area contributed by atoms with Crippen LogP contribution in [0.2, 0.25) is 0 Å². The van der Waals surface area contributed by atoms with Crippen molar-refractivity contribution in [3.63, 3.8) is 0 Å². The van der Waals surface area contributed by atoms with Crippen LogP contribution in [0.1, 0.15) is 15.9 Å². The smallest absolute Gasteiger partial charge is 0.253 e. The van der Waals surface area contributed by atoms with E-state index in [9.17, 15) is 4.79 Å². The van der Waals surface area contributed by atoms with Gasteiger partial charge >= 0.3 is 0 Å². The minimum Gasteiger partial charge on any atom is -0.356 e. The van der Waals surface area contributed by atoms with E-state index in [4.69, 9.17) is 0 Å². The van der Waals surface area contributed by atoms with E-state index in [1.54, 1.807) is 0 Å². The molecule has 1 amide bonds. The van der Waals surface area contributed by atoms with E-state index in [1.165, 1.54) is 5.56 Å². The number of carbonyl (C=O) groups excluding carboxylic acids is 1. The van der Waals surface area contributed by atoms with Crippen LogP contribution in [-0.2, 0) is 0 Å². The van der Waals surface area contributed by atoms with Crippen molar-refractivity contribution >= 4 is 17.3 Å². The lowest BCUT2D eigenvalue weighted by atomic mass is 10.1. The Kier molecular flexibility index (Phi) is 4.63. The molecule has 23 heavy (non-hydrogen) atoms. The Bertz CT molecular complexity index is 656. The summed E-state index contributed by atoms with van der Waals surface area (Å²) in [5.41, 5.74) is 4.03. The van der Waals surface area contributed by atoms with Crippen molar-refractivity contribution in [1.82, 2.24) is 9.80 Å². The van der Waals surface area contributed by atoms with E-state index < -0.39 is 0 Å². The van der Waals surface area contributed by atoms with Crippen LogP contribution in [0.25, 0.3) is 0 Å². The highest BCUT2D eigenvalue weighted by atomic mass is 16.2. The average molecular weight is 309 g/mol. The van der Waals surface area contributed by atoms with Crippen molar-refractivity contribution in [3.05, 3.63) is 59.7 Å². The fourth-order valence-corrected chi connectivity index (χ4v) is 2.69. The van der Waals surface area contributed by atoms with Gasteiger partial charge in [-0.2, -0.15) is 0 Å². The summed E-state index contributed by atoms with van der Waals surface area (Å²) < 4.78 is 0. The minimum absolute atomic E-state index is 0.125. The molecule has 0 unspecified atom stereocenters. The molecule has 2 aromatic carbocycles. The lowest BCUT2D eigenvalue weighted by molar-refractivity contribution is 0.0664. The van der Waals surface area contributed by atoms with Crippen molar-refractivity contribution in [3.8, 4) is 0 Å². The fraction of sp³-hybridized carbons (Fsp3) is 0.316. The van der Waals surface area contributed by atoms with Crippen LogP contribution in [0.3, 0.4) is 0 Å². The van der Waals surface area contributed by atoms with Gasteiger partial charge in [0.05, 0.1) is 0 Å². The molecule has 1 aliphatic rings. The predicted molar refractivity (Wildman–Crippen MR) is 94.3 cm³/mol. The van der Waals surface area contributed by atoms with E-state index in [0.29, 0.717) is 0 Å². The number of nitrogens with zero attached hydrogens (tertiary/aromatic N) is 2. The molecule has 2 aromatic rings.